The fourth-order valence-corrected chi connectivity index (χ4v) is 4.41. The molecule has 2 aromatic carbocycles. The number of carboxylic acids is 1. The van der Waals surface area contributed by atoms with Gasteiger partial charge in [-0.1, -0.05) is 31.5 Å². The summed E-state index contributed by atoms with van der Waals surface area (Å²) in [5.74, 6) is -1.50. The largest absolute Gasteiger partial charge is 0.495 e. The number of hydrogen-bond donors (Lipinski definition) is 3. The van der Waals surface area contributed by atoms with Gasteiger partial charge in [0.2, 0.25) is 5.91 Å². The Kier molecular flexibility index (Phi) is 7.05. The first-order valence-corrected chi connectivity index (χ1v) is 11.7. The SMILES string of the molecule is COc1cn(C(C(=O)Nc2ccc3cc(C(=O)O)[nH]c3c2)C(C)C)c(=O)cc1-c1cc(Cl)ccc1C#N. The average Bonchev–Trinajstić information content (AvgIpc) is 3.28. The molecule has 0 radical (unpaired) electrons. The summed E-state index contributed by atoms with van der Waals surface area (Å²) in [7, 11) is 1.44. The van der Waals surface area contributed by atoms with E-state index in [1.165, 1.54) is 30.0 Å². The molecule has 9 nitrogen and oxygen atoms in total. The van der Waals surface area contributed by atoms with Gasteiger partial charge in [-0.2, -0.15) is 5.26 Å². The van der Waals surface area contributed by atoms with E-state index in [0.29, 0.717) is 44.1 Å². The zero-order valence-electron chi connectivity index (χ0n) is 20.2. The zero-order valence-corrected chi connectivity index (χ0v) is 21.0. The van der Waals surface area contributed by atoms with Crippen LogP contribution in [0.15, 0.2) is 59.5 Å². The first-order valence-electron chi connectivity index (χ1n) is 11.3. The molecule has 1 atom stereocenters. The van der Waals surface area contributed by atoms with Crippen molar-refractivity contribution in [3.8, 4) is 22.9 Å². The number of ether oxygens (including phenoxy) is 1. The first-order chi connectivity index (χ1) is 17.6. The van der Waals surface area contributed by atoms with Crippen molar-refractivity contribution in [1.82, 2.24) is 9.55 Å². The number of anilines is 1. The third-order valence-electron chi connectivity index (χ3n) is 5.98. The molecule has 2 heterocycles. The molecule has 3 N–H and O–H groups in total. The van der Waals surface area contributed by atoms with Crippen molar-refractivity contribution in [2.75, 3.05) is 12.4 Å². The lowest BCUT2D eigenvalue weighted by Crippen LogP contribution is -2.36. The van der Waals surface area contributed by atoms with E-state index in [4.69, 9.17) is 16.3 Å². The molecular formula is C27H23ClN4O5. The maximum absolute atomic E-state index is 13.4. The molecule has 2 aromatic heterocycles. The summed E-state index contributed by atoms with van der Waals surface area (Å²) in [5, 5.41) is 22.6. The molecule has 0 aliphatic rings. The summed E-state index contributed by atoms with van der Waals surface area (Å²) in [4.78, 5) is 40.7. The monoisotopic (exact) mass is 518 g/mol. The number of nitrogens with zero attached hydrogens (tertiary/aromatic N) is 2. The summed E-state index contributed by atoms with van der Waals surface area (Å²) in [6.45, 7) is 3.63. The Morgan fingerprint density at radius 2 is 1.89 bits per heavy atom. The number of nitriles is 1. The fraction of sp³-hybridized carbons (Fsp3) is 0.185. The Morgan fingerprint density at radius 1 is 1.14 bits per heavy atom. The number of hydrogen-bond acceptors (Lipinski definition) is 5. The second-order valence-electron chi connectivity index (χ2n) is 8.77. The highest BCUT2D eigenvalue weighted by atomic mass is 35.5. The number of pyridine rings is 1. The van der Waals surface area contributed by atoms with E-state index in [-0.39, 0.29) is 11.6 Å². The molecule has 0 saturated heterocycles. The van der Waals surface area contributed by atoms with E-state index in [9.17, 15) is 24.8 Å². The van der Waals surface area contributed by atoms with Crippen molar-refractivity contribution >= 4 is 40.1 Å². The molecule has 4 rings (SSSR count). The number of aromatic carboxylic acids is 1. The number of aromatic amines is 1. The van der Waals surface area contributed by atoms with Gasteiger partial charge in [0.05, 0.1) is 24.9 Å². The van der Waals surface area contributed by atoms with E-state index in [1.807, 2.05) is 13.8 Å². The van der Waals surface area contributed by atoms with E-state index < -0.39 is 23.5 Å². The lowest BCUT2D eigenvalue weighted by molar-refractivity contribution is -0.120. The number of benzene rings is 2. The molecule has 0 bridgehead atoms. The smallest absolute Gasteiger partial charge is 0.352 e. The Bertz CT molecular complexity index is 1630. The van der Waals surface area contributed by atoms with Crippen LogP contribution in [0.1, 0.15) is 35.9 Å². The van der Waals surface area contributed by atoms with Crippen molar-refractivity contribution in [2.45, 2.75) is 19.9 Å². The number of H-pyrrole nitrogens is 1. The number of halogens is 1. The number of fused-ring (bicyclic) bond motifs is 1. The summed E-state index contributed by atoms with van der Waals surface area (Å²) in [6.07, 6.45) is 1.46. The topological polar surface area (TPSA) is 137 Å². The molecule has 1 unspecified atom stereocenters. The van der Waals surface area contributed by atoms with Crippen LogP contribution in [-0.4, -0.2) is 33.6 Å². The third kappa shape index (κ3) is 5.06. The van der Waals surface area contributed by atoms with Crippen molar-refractivity contribution in [2.24, 2.45) is 5.92 Å². The molecule has 4 aromatic rings. The Labute approximate surface area is 216 Å². The minimum absolute atomic E-state index is 0.0385. The van der Waals surface area contributed by atoms with Crippen LogP contribution < -0.4 is 15.6 Å². The van der Waals surface area contributed by atoms with Gasteiger partial charge in [0, 0.05) is 38.8 Å². The first kappa shape index (κ1) is 25.5. The van der Waals surface area contributed by atoms with Gasteiger partial charge in [0.15, 0.2) is 0 Å². The Morgan fingerprint density at radius 3 is 2.54 bits per heavy atom. The highest BCUT2D eigenvalue weighted by Gasteiger charge is 2.27. The van der Waals surface area contributed by atoms with Crippen molar-refractivity contribution < 1.29 is 19.4 Å². The summed E-state index contributed by atoms with van der Waals surface area (Å²) < 4.78 is 6.84. The average molecular weight is 519 g/mol. The second-order valence-corrected chi connectivity index (χ2v) is 9.21. The molecule has 0 aliphatic heterocycles. The number of rotatable bonds is 7. The Balaban J connectivity index is 1.72. The van der Waals surface area contributed by atoms with Crippen LogP contribution in [-0.2, 0) is 4.79 Å². The summed E-state index contributed by atoms with van der Waals surface area (Å²) >= 11 is 6.14. The van der Waals surface area contributed by atoms with Gasteiger partial charge >= 0.3 is 5.97 Å². The number of nitrogens with one attached hydrogen (secondary N) is 2. The maximum atomic E-state index is 13.4. The third-order valence-corrected chi connectivity index (χ3v) is 6.21. The molecule has 1 amide bonds. The highest BCUT2D eigenvalue weighted by Crippen LogP contribution is 2.34. The standard InChI is InChI=1S/C27H23ClN4O5/c1-14(2)25(26(34)30-18-7-5-15-8-22(27(35)36)31-21(15)10-18)32-13-23(37-3)20(11-24(32)33)19-9-17(28)6-4-16(19)12-29/h4-11,13-14,25,31H,1-3H3,(H,30,34)(H,35,36). The van der Waals surface area contributed by atoms with Crippen LogP contribution in [0.4, 0.5) is 5.69 Å². The summed E-state index contributed by atoms with van der Waals surface area (Å²) in [6, 6.07) is 13.8. The van der Waals surface area contributed by atoms with Crippen molar-refractivity contribution in [3.05, 3.63) is 81.4 Å². The van der Waals surface area contributed by atoms with E-state index in [1.54, 1.807) is 36.4 Å². The maximum Gasteiger partial charge on any atom is 0.352 e. The van der Waals surface area contributed by atoms with Gasteiger partial charge in [0.1, 0.15) is 17.5 Å². The molecule has 0 aliphatic carbocycles. The fourth-order valence-electron chi connectivity index (χ4n) is 4.24. The molecular weight excluding hydrogens is 496 g/mol. The van der Waals surface area contributed by atoms with E-state index >= 15 is 0 Å². The number of amides is 1. The molecule has 0 saturated carbocycles. The van der Waals surface area contributed by atoms with Gasteiger partial charge < -0.3 is 20.1 Å². The van der Waals surface area contributed by atoms with Crippen LogP contribution in [0.25, 0.3) is 22.0 Å². The van der Waals surface area contributed by atoms with Crippen molar-refractivity contribution in [1.29, 1.82) is 5.26 Å². The number of carbonyl (C=O) groups is 2. The number of aromatic nitrogens is 2. The molecule has 10 heteroatoms. The van der Waals surface area contributed by atoms with Gasteiger partial charge in [-0.25, -0.2) is 4.79 Å². The van der Waals surface area contributed by atoms with Gasteiger partial charge in [-0.15, -0.1) is 0 Å². The summed E-state index contributed by atoms with van der Waals surface area (Å²) in [5.41, 5.74) is 1.73. The van der Waals surface area contributed by atoms with Crippen LogP contribution in [0.2, 0.25) is 5.02 Å². The molecule has 188 valence electrons. The molecule has 37 heavy (non-hydrogen) atoms. The van der Waals surface area contributed by atoms with Crippen LogP contribution in [0.5, 0.6) is 5.75 Å². The number of methoxy groups -OCH3 is 1. The van der Waals surface area contributed by atoms with Gasteiger partial charge in [-0.3, -0.25) is 14.2 Å². The lowest BCUT2D eigenvalue weighted by Gasteiger charge is -2.24. The van der Waals surface area contributed by atoms with Crippen molar-refractivity contribution in [3.63, 3.8) is 0 Å². The van der Waals surface area contributed by atoms with E-state index in [2.05, 4.69) is 16.4 Å². The van der Waals surface area contributed by atoms with Crippen LogP contribution >= 0.6 is 11.6 Å². The number of carbonyl (C=O) groups excluding carboxylic acids is 1. The molecule has 0 fully saturated rings. The zero-order chi connectivity index (χ0) is 26.9. The predicted molar refractivity (Wildman–Crippen MR) is 140 cm³/mol. The minimum atomic E-state index is -1.09. The minimum Gasteiger partial charge on any atom is -0.495 e. The van der Waals surface area contributed by atoms with Gasteiger partial charge in [-0.05, 0) is 42.3 Å². The predicted octanol–water partition coefficient (Wildman–Crippen LogP) is 5.06. The normalized spacial score (nSPS) is 11.8. The highest BCUT2D eigenvalue weighted by molar-refractivity contribution is 6.31. The second kappa shape index (κ2) is 10.2. The van der Waals surface area contributed by atoms with E-state index in [0.717, 1.165) is 0 Å². The van der Waals surface area contributed by atoms with Crippen LogP contribution in [0, 0.1) is 17.2 Å². The lowest BCUT2D eigenvalue weighted by atomic mass is 9.99. The quantitative estimate of drug-likeness (QED) is 0.312. The number of carboxylic acid groups (broad SMARTS) is 1. The Hall–Kier alpha value is -4.55. The van der Waals surface area contributed by atoms with Gasteiger partial charge in [0.25, 0.3) is 5.56 Å². The van der Waals surface area contributed by atoms with Crippen LogP contribution in [0.3, 0.4) is 0 Å². The molecule has 0 spiro atoms.